The molecule has 12 heteroatoms. The minimum atomic E-state index is 0.228. The molecule has 0 unspecified atom stereocenters. The van der Waals surface area contributed by atoms with Gasteiger partial charge in [0.15, 0.2) is 0 Å². The van der Waals surface area contributed by atoms with Crippen molar-refractivity contribution in [2.75, 3.05) is 65.7 Å². The number of ether oxygens (including phenoxy) is 2. The smallest absolute Gasteiger partial charge is 0.226 e. The molecule has 0 bridgehead atoms. The van der Waals surface area contributed by atoms with Gasteiger partial charge in [0.25, 0.3) is 0 Å². The van der Waals surface area contributed by atoms with Crippen molar-refractivity contribution in [3.63, 3.8) is 0 Å². The molecule has 4 saturated heterocycles. The summed E-state index contributed by atoms with van der Waals surface area (Å²) in [5.74, 6) is 2.49. The first kappa shape index (κ1) is 49.1. The molecule has 6 fully saturated rings. The van der Waals surface area contributed by atoms with Gasteiger partial charge in [0.2, 0.25) is 11.8 Å². The Morgan fingerprint density at radius 2 is 0.938 bits per heavy atom. The van der Waals surface area contributed by atoms with E-state index >= 15 is 0 Å². The number of benzene rings is 2. The van der Waals surface area contributed by atoms with Crippen LogP contribution in [0, 0.1) is 37.5 Å². The zero-order chi connectivity index (χ0) is 45.3. The van der Waals surface area contributed by atoms with Crippen LogP contribution in [0.3, 0.4) is 0 Å². The molecule has 4 heterocycles. The molecular weight excluding hydrogens is 847 g/mol. The summed E-state index contributed by atoms with van der Waals surface area (Å²) in [6.45, 7) is 18.2. The molecule has 0 aromatic heterocycles. The van der Waals surface area contributed by atoms with Crippen molar-refractivity contribution >= 4 is 46.6 Å². The quantitative estimate of drug-likeness (QED) is 0.186. The number of carbonyl (C=O) groups excluding carboxylic acids is 4. The fourth-order valence-electron chi connectivity index (χ4n) is 11.3. The number of nitrogens with zero attached hydrogens (tertiary/aromatic N) is 4. The van der Waals surface area contributed by atoms with Crippen molar-refractivity contribution in [3.05, 3.63) is 67.7 Å². The second-order valence-electron chi connectivity index (χ2n) is 20.2. The van der Waals surface area contributed by atoms with Gasteiger partial charge in [-0.3, -0.25) is 29.0 Å². The molecule has 4 atom stereocenters. The van der Waals surface area contributed by atoms with Gasteiger partial charge in [0.05, 0.1) is 0 Å². The molecule has 2 amide bonds. The zero-order valence-corrected chi connectivity index (χ0v) is 40.7. The van der Waals surface area contributed by atoms with Crippen LogP contribution in [0.1, 0.15) is 124 Å². The predicted molar refractivity (Wildman–Crippen MR) is 254 cm³/mol. The van der Waals surface area contributed by atoms with Crippen LogP contribution in [0.15, 0.2) is 24.3 Å². The fraction of sp³-hybridized carbons (Fsp3) is 0.692. The molecule has 2 saturated carbocycles. The molecule has 0 N–H and O–H groups in total. The monoisotopic (exact) mass is 920 g/mol. The molecule has 2 aromatic rings. The van der Waals surface area contributed by atoms with Gasteiger partial charge in [-0.15, -0.1) is 0 Å². The van der Waals surface area contributed by atoms with Crippen LogP contribution in [-0.4, -0.2) is 121 Å². The van der Waals surface area contributed by atoms with Gasteiger partial charge in [0.1, 0.15) is 11.6 Å². The number of rotatable bonds is 14. The zero-order valence-electron chi connectivity index (χ0n) is 39.2. The van der Waals surface area contributed by atoms with E-state index in [1.54, 1.807) is 0 Å². The summed E-state index contributed by atoms with van der Waals surface area (Å²) in [6.07, 6.45) is 13.0. The van der Waals surface area contributed by atoms with Crippen LogP contribution in [0.2, 0.25) is 10.0 Å². The highest BCUT2D eigenvalue weighted by atomic mass is 35.5. The van der Waals surface area contributed by atoms with Crippen molar-refractivity contribution < 1.29 is 28.7 Å². The van der Waals surface area contributed by atoms with Crippen molar-refractivity contribution in [1.82, 2.24) is 19.6 Å². The van der Waals surface area contributed by atoms with E-state index < -0.39 is 0 Å². The van der Waals surface area contributed by atoms with E-state index in [1.807, 2.05) is 24.3 Å². The van der Waals surface area contributed by atoms with Crippen molar-refractivity contribution in [1.29, 1.82) is 0 Å². The SMILES string of the molecule is Cc1c(CC(=O)C[C@@H]2CCOC2)cc(Cl)cc1CN1CCN(C(=O)C2CCCC2)[C@@H](C)C1.Cc1c(CC(=O)C[C@H]2CCOC2)cc(Cl)cc1CN1CCN(C(=O)C2CCCC2)[C@@H](C)C1. The third kappa shape index (κ3) is 13.2. The van der Waals surface area contributed by atoms with Crippen LogP contribution >= 0.6 is 23.2 Å². The molecule has 352 valence electrons. The number of ketones is 2. The van der Waals surface area contributed by atoms with E-state index in [1.165, 1.54) is 47.9 Å². The first-order valence-electron chi connectivity index (χ1n) is 24.6. The lowest BCUT2D eigenvalue weighted by molar-refractivity contribution is -0.140. The highest BCUT2D eigenvalue weighted by Gasteiger charge is 2.35. The Morgan fingerprint density at radius 1 is 0.562 bits per heavy atom. The standard InChI is InChI=1S/2C26H37ClN2O3/c2*1-18-15-28(8-9-29(18)26(31)21-5-3-4-6-21)16-23-13-24(27)12-22(19(23)2)14-25(30)11-20-7-10-32-17-20/h2*12-13,18,20-21H,3-11,14-17H2,1-2H3/t18-,20+;18-,20-/m00/s1. The lowest BCUT2D eigenvalue weighted by atomic mass is 9.93. The van der Waals surface area contributed by atoms with Crippen LogP contribution in [0.25, 0.3) is 0 Å². The molecule has 0 radical (unpaired) electrons. The van der Waals surface area contributed by atoms with E-state index in [0.717, 1.165) is 115 Å². The Hall–Kier alpha value is -2.86. The summed E-state index contributed by atoms with van der Waals surface area (Å²) in [7, 11) is 0. The highest BCUT2D eigenvalue weighted by molar-refractivity contribution is 6.31. The van der Waals surface area contributed by atoms with Crippen LogP contribution in [0.4, 0.5) is 0 Å². The van der Waals surface area contributed by atoms with Crippen molar-refractivity contribution in [2.24, 2.45) is 23.7 Å². The number of amides is 2. The normalized spacial score (nSPS) is 24.9. The van der Waals surface area contributed by atoms with E-state index in [0.29, 0.717) is 72.6 Å². The van der Waals surface area contributed by atoms with E-state index in [-0.39, 0.29) is 35.5 Å². The first-order chi connectivity index (χ1) is 30.8. The lowest BCUT2D eigenvalue weighted by Crippen LogP contribution is -2.54. The largest absolute Gasteiger partial charge is 0.381 e. The fourth-order valence-corrected chi connectivity index (χ4v) is 11.8. The average molecular weight is 922 g/mol. The second-order valence-corrected chi connectivity index (χ2v) is 21.1. The maximum atomic E-state index is 12.9. The van der Waals surface area contributed by atoms with Gasteiger partial charge in [-0.2, -0.15) is 0 Å². The molecule has 2 aromatic carbocycles. The molecule has 64 heavy (non-hydrogen) atoms. The number of carbonyl (C=O) groups is 4. The molecule has 8 rings (SSSR count). The van der Waals surface area contributed by atoms with Crippen LogP contribution in [0.5, 0.6) is 0 Å². The number of halogens is 2. The predicted octanol–water partition coefficient (Wildman–Crippen LogP) is 8.82. The summed E-state index contributed by atoms with van der Waals surface area (Å²) in [4.78, 5) is 60.1. The van der Waals surface area contributed by atoms with Crippen LogP contribution in [-0.2, 0) is 54.6 Å². The maximum Gasteiger partial charge on any atom is 0.226 e. The summed E-state index contributed by atoms with van der Waals surface area (Å²) >= 11 is 12.9. The molecule has 2 aliphatic carbocycles. The second kappa shape index (κ2) is 23.2. The van der Waals surface area contributed by atoms with Crippen molar-refractivity contribution in [2.45, 2.75) is 143 Å². The Kier molecular flexibility index (Phi) is 17.8. The molecular formula is C52H74Cl2N4O6. The van der Waals surface area contributed by atoms with Crippen molar-refractivity contribution in [3.8, 4) is 0 Å². The number of Topliss-reactive ketones (excluding diaryl/α,β-unsaturated/α-hetero) is 2. The topological polar surface area (TPSA) is 99.7 Å². The average Bonchev–Trinajstić information content (AvgIpc) is 4.11. The summed E-state index contributed by atoms with van der Waals surface area (Å²) < 4.78 is 10.8. The third-order valence-corrected chi connectivity index (χ3v) is 15.7. The van der Waals surface area contributed by atoms with E-state index in [4.69, 9.17) is 32.7 Å². The van der Waals surface area contributed by atoms with Gasteiger partial charge < -0.3 is 19.3 Å². The summed E-state index contributed by atoms with van der Waals surface area (Å²) in [6, 6.07) is 8.43. The summed E-state index contributed by atoms with van der Waals surface area (Å²) in [5.41, 5.74) is 6.80. The van der Waals surface area contributed by atoms with Gasteiger partial charge in [-0.1, -0.05) is 48.9 Å². The highest BCUT2D eigenvalue weighted by Crippen LogP contribution is 2.31. The number of hydrogen-bond acceptors (Lipinski definition) is 8. The Bertz CT molecular complexity index is 1800. The molecule has 0 spiro atoms. The third-order valence-electron chi connectivity index (χ3n) is 15.2. The number of hydrogen-bond donors (Lipinski definition) is 0. The van der Waals surface area contributed by atoms with E-state index in [9.17, 15) is 19.2 Å². The minimum absolute atomic E-state index is 0.228. The van der Waals surface area contributed by atoms with Crippen LogP contribution < -0.4 is 0 Å². The van der Waals surface area contributed by atoms with E-state index in [2.05, 4.69) is 47.3 Å². The molecule has 10 nitrogen and oxygen atoms in total. The molecule has 6 aliphatic rings. The lowest BCUT2D eigenvalue weighted by Gasteiger charge is -2.41. The van der Waals surface area contributed by atoms with Gasteiger partial charge in [-0.05, 0) is 136 Å². The number of piperazine rings is 2. The Labute approximate surface area is 393 Å². The summed E-state index contributed by atoms with van der Waals surface area (Å²) in [5, 5.41) is 1.39. The minimum Gasteiger partial charge on any atom is -0.381 e. The first-order valence-corrected chi connectivity index (χ1v) is 25.4. The van der Waals surface area contributed by atoms with Gasteiger partial charge in [0, 0.05) is 138 Å². The van der Waals surface area contributed by atoms with Gasteiger partial charge in [-0.25, -0.2) is 0 Å². The molecule has 4 aliphatic heterocycles. The Morgan fingerprint density at radius 3 is 1.28 bits per heavy atom. The maximum absolute atomic E-state index is 12.9. The van der Waals surface area contributed by atoms with Gasteiger partial charge >= 0.3 is 0 Å². The Balaban J connectivity index is 0.000000191.